The first-order chi connectivity index (χ1) is 8.45. The van der Waals surface area contributed by atoms with E-state index in [1.54, 1.807) is 4.57 Å². The van der Waals surface area contributed by atoms with E-state index in [0.717, 1.165) is 15.7 Å². The van der Waals surface area contributed by atoms with Crippen molar-refractivity contribution in [1.82, 2.24) is 9.55 Å². The predicted molar refractivity (Wildman–Crippen MR) is 75.6 cm³/mol. The van der Waals surface area contributed by atoms with Crippen molar-refractivity contribution in [3.63, 3.8) is 0 Å². The molecule has 0 spiro atoms. The van der Waals surface area contributed by atoms with Gasteiger partial charge in [-0.05, 0) is 37.6 Å². The highest BCUT2D eigenvalue weighted by Gasteiger charge is 2.05. The van der Waals surface area contributed by atoms with Gasteiger partial charge in [0.1, 0.15) is 5.82 Å². The van der Waals surface area contributed by atoms with Gasteiger partial charge in [-0.2, -0.15) is 0 Å². The second-order valence-electron chi connectivity index (χ2n) is 4.26. The number of hydrogen-bond donors (Lipinski definition) is 1. The fourth-order valence-electron chi connectivity index (χ4n) is 1.91. The maximum Gasteiger partial charge on any atom is 0.254 e. The minimum Gasteiger partial charge on any atom is -0.399 e. The maximum absolute atomic E-state index is 11.9. The van der Waals surface area contributed by atoms with Gasteiger partial charge in [-0.1, -0.05) is 15.9 Å². The lowest BCUT2D eigenvalue weighted by molar-refractivity contribution is 0.694. The summed E-state index contributed by atoms with van der Waals surface area (Å²) in [6, 6.07) is 7.17. The Kier molecular flexibility index (Phi) is 3.52. The van der Waals surface area contributed by atoms with Crippen LogP contribution >= 0.6 is 15.9 Å². The Hall–Kier alpha value is -1.62. The summed E-state index contributed by atoms with van der Waals surface area (Å²) >= 11 is 3.39. The number of halogens is 1. The van der Waals surface area contributed by atoms with Gasteiger partial charge >= 0.3 is 0 Å². The summed E-state index contributed by atoms with van der Waals surface area (Å²) in [6.07, 6.45) is 0. The SMILES string of the molecule is Cc1cc(=O)n(Cc2cc(N)cc(Br)c2)c(C)n1. The molecular formula is C13H14BrN3O. The predicted octanol–water partition coefficient (Wildman–Crippen LogP) is 2.25. The average Bonchev–Trinajstić information content (AvgIpc) is 2.22. The highest BCUT2D eigenvalue weighted by molar-refractivity contribution is 9.10. The minimum atomic E-state index is -0.0430. The molecule has 94 valence electrons. The van der Waals surface area contributed by atoms with Crippen LogP contribution in [0.2, 0.25) is 0 Å². The normalized spacial score (nSPS) is 10.6. The lowest BCUT2D eigenvalue weighted by atomic mass is 10.2. The molecule has 1 aromatic heterocycles. The number of anilines is 1. The van der Waals surface area contributed by atoms with E-state index in [4.69, 9.17) is 5.73 Å². The van der Waals surface area contributed by atoms with E-state index in [1.807, 2.05) is 32.0 Å². The third-order valence-electron chi connectivity index (χ3n) is 2.65. The second kappa shape index (κ2) is 4.94. The number of hydrogen-bond acceptors (Lipinski definition) is 3. The van der Waals surface area contributed by atoms with Gasteiger partial charge in [-0.3, -0.25) is 9.36 Å². The van der Waals surface area contributed by atoms with Crippen LogP contribution in [0.15, 0.2) is 33.5 Å². The molecule has 1 heterocycles. The molecule has 2 rings (SSSR count). The zero-order chi connectivity index (χ0) is 13.3. The highest BCUT2D eigenvalue weighted by Crippen LogP contribution is 2.18. The van der Waals surface area contributed by atoms with E-state index in [9.17, 15) is 4.79 Å². The van der Waals surface area contributed by atoms with Crippen molar-refractivity contribution in [3.05, 3.63) is 56.2 Å². The van der Waals surface area contributed by atoms with Gasteiger partial charge in [0, 0.05) is 21.9 Å². The summed E-state index contributed by atoms with van der Waals surface area (Å²) in [5.74, 6) is 0.707. The van der Waals surface area contributed by atoms with Gasteiger partial charge in [0.15, 0.2) is 0 Å². The number of aromatic nitrogens is 2. The van der Waals surface area contributed by atoms with Crippen molar-refractivity contribution in [3.8, 4) is 0 Å². The van der Waals surface area contributed by atoms with Gasteiger partial charge < -0.3 is 5.73 Å². The van der Waals surface area contributed by atoms with E-state index >= 15 is 0 Å². The van der Waals surface area contributed by atoms with Crippen LogP contribution in [0, 0.1) is 13.8 Å². The Morgan fingerprint density at radius 2 is 2.00 bits per heavy atom. The van der Waals surface area contributed by atoms with Crippen LogP contribution in [-0.4, -0.2) is 9.55 Å². The standard InChI is InChI=1S/C13H14BrN3O/c1-8-3-13(18)17(9(2)16-8)7-10-4-11(14)6-12(15)5-10/h3-6H,7,15H2,1-2H3. The van der Waals surface area contributed by atoms with Gasteiger partial charge in [0.05, 0.1) is 6.54 Å². The number of benzene rings is 1. The third-order valence-corrected chi connectivity index (χ3v) is 3.11. The van der Waals surface area contributed by atoms with Crippen LogP contribution in [0.25, 0.3) is 0 Å². The van der Waals surface area contributed by atoms with Gasteiger partial charge in [0.2, 0.25) is 0 Å². The molecule has 0 aliphatic rings. The molecule has 18 heavy (non-hydrogen) atoms. The highest BCUT2D eigenvalue weighted by atomic mass is 79.9. The Morgan fingerprint density at radius 1 is 1.28 bits per heavy atom. The van der Waals surface area contributed by atoms with E-state index < -0.39 is 0 Å². The Labute approximate surface area is 114 Å². The zero-order valence-corrected chi connectivity index (χ0v) is 11.9. The molecule has 0 amide bonds. The molecular weight excluding hydrogens is 294 g/mol. The molecule has 0 saturated heterocycles. The fourth-order valence-corrected chi connectivity index (χ4v) is 2.46. The van der Waals surface area contributed by atoms with Crippen LogP contribution in [0.3, 0.4) is 0 Å². The summed E-state index contributed by atoms with van der Waals surface area (Å²) < 4.78 is 2.54. The molecule has 5 heteroatoms. The molecule has 4 nitrogen and oxygen atoms in total. The van der Waals surface area contributed by atoms with Crippen LogP contribution in [0.5, 0.6) is 0 Å². The number of nitrogen functional groups attached to an aromatic ring is 1. The zero-order valence-electron chi connectivity index (χ0n) is 10.3. The molecule has 0 aliphatic heterocycles. The molecule has 0 aliphatic carbocycles. The topological polar surface area (TPSA) is 60.9 Å². The average molecular weight is 308 g/mol. The summed E-state index contributed by atoms with van der Waals surface area (Å²) in [5, 5.41) is 0. The molecule has 0 atom stereocenters. The van der Waals surface area contributed by atoms with Crippen LogP contribution in [-0.2, 0) is 6.54 Å². The van der Waals surface area contributed by atoms with E-state index in [-0.39, 0.29) is 5.56 Å². The van der Waals surface area contributed by atoms with Crippen LogP contribution < -0.4 is 11.3 Å². The molecule has 0 fully saturated rings. The number of rotatable bonds is 2. The van der Waals surface area contributed by atoms with Crippen molar-refractivity contribution in [2.24, 2.45) is 0 Å². The second-order valence-corrected chi connectivity index (χ2v) is 5.18. The summed E-state index contributed by atoms with van der Waals surface area (Å²) in [4.78, 5) is 16.2. The Balaban J connectivity index is 2.43. The van der Waals surface area contributed by atoms with Gasteiger partial charge in [-0.15, -0.1) is 0 Å². The van der Waals surface area contributed by atoms with E-state index in [1.165, 1.54) is 6.07 Å². The van der Waals surface area contributed by atoms with Crippen molar-refractivity contribution >= 4 is 21.6 Å². The summed E-state index contributed by atoms with van der Waals surface area (Å²) in [6.45, 7) is 4.12. The molecule has 0 unspecified atom stereocenters. The quantitative estimate of drug-likeness (QED) is 0.866. The smallest absolute Gasteiger partial charge is 0.254 e. The van der Waals surface area contributed by atoms with Gasteiger partial charge in [-0.25, -0.2) is 4.98 Å². The molecule has 2 N–H and O–H groups in total. The first-order valence-corrected chi connectivity index (χ1v) is 6.35. The third kappa shape index (κ3) is 2.79. The molecule has 0 radical (unpaired) electrons. The summed E-state index contributed by atoms with van der Waals surface area (Å²) in [5.41, 5.74) is 8.12. The number of aryl methyl sites for hydroxylation is 2. The van der Waals surface area contributed by atoms with E-state index in [2.05, 4.69) is 20.9 Å². The maximum atomic E-state index is 11.9. The van der Waals surface area contributed by atoms with Crippen LogP contribution in [0.1, 0.15) is 17.1 Å². The Bertz CT molecular complexity index is 629. The first-order valence-electron chi connectivity index (χ1n) is 5.56. The number of nitrogens with two attached hydrogens (primary N) is 1. The molecule has 0 bridgehead atoms. The van der Waals surface area contributed by atoms with Crippen LogP contribution in [0.4, 0.5) is 5.69 Å². The first kappa shape index (κ1) is 12.8. The fraction of sp³-hybridized carbons (Fsp3) is 0.231. The Morgan fingerprint density at radius 3 is 2.61 bits per heavy atom. The monoisotopic (exact) mass is 307 g/mol. The van der Waals surface area contributed by atoms with Crippen molar-refractivity contribution in [2.75, 3.05) is 5.73 Å². The molecule has 0 saturated carbocycles. The number of nitrogens with zero attached hydrogens (tertiary/aromatic N) is 2. The van der Waals surface area contributed by atoms with Crippen molar-refractivity contribution in [1.29, 1.82) is 0 Å². The lowest BCUT2D eigenvalue weighted by Crippen LogP contribution is -2.24. The molecule has 1 aromatic carbocycles. The van der Waals surface area contributed by atoms with Gasteiger partial charge in [0.25, 0.3) is 5.56 Å². The molecule has 2 aromatic rings. The van der Waals surface area contributed by atoms with Crippen molar-refractivity contribution < 1.29 is 0 Å². The largest absolute Gasteiger partial charge is 0.399 e. The van der Waals surface area contributed by atoms with Crippen molar-refractivity contribution in [2.45, 2.75) is 20.4 Å². The summed E-state index contributed by atoms with van der Waals surface area (Å²) in [7, 11) is 0. The lowest BCUT2D eigenvalue weighted by Gasteiger charge is -2.10. The minimum absolute atomic E-state index is 0.0430. The van der Waals surface area contributed by atoms with E-state index in [0.29, 0.717) is 18.1 Å².